The van der Waals surface area contributed by atoms with E-state index in [4.69, 9.17) is 10.5 Å². The molecule has 0 aliphatic rings. The fourth-order valence-electron chi connectivity index (χ4n) is 2.25. The largest absolute Gasteiger partial charge is 0.461 e. The molecular formula is C18H20N2O5S. The number of sulfonamides is 1. The van der Waals surface area contributed by atoms with Gasteiger partial charge in [-0.3, -0.25) is 9.59 Å². The Morgan fingerprint density at radius 3 is 2.38 bits per heavy atom. The normalized spacial score (nSPS) is 11.1. The molecule has 0 fully saturated rings. The van der Waals surface area contributed by atoms with Gasteiger partial charge in [-0.1, -0.05) is 24.3 Å². The molecule has 0 saturated carbocycles. The first kappa shape index (κ1) is 19.6. The van der Waals surface area contributed by atoms with Crippen molar-refractivity contribution in [1.82, 2.24) is 4.72 Å². The third-order valence-corrected chi connectivity index (χ3v) is 5.16. The van der Waals surface area contributed by atoms with E-state index in [1.165, 1.54) is 19.2 Å². The first-order chi connectivity index (χ1) is 12.3. The maximum Gasteiger partial charge on any atom is 0.306 e. The molecule has 0 aliphatic carbocycles. The lowest BCUT2D eigenvalue weighted by atomic mass is 10.1. The monoisotopic (exact) mass is 376 g/mol. The highest BCUT2D eigenvalue weighted by Gasteiger charge is 2.11. The maximum atomic E-state index is 11.9. The van der Waals surface area contributed by atoms with E-state index in [1.54, 1.807) is 36.4 Å². The van der Waals surface area contributed by atoms with Crippen LogP contribution in [-0.2, 0) is 32.6 Å². The summed E-state index contributed by atoms with van der Waals surface area (Å²) in [7, 11) is -2.12. The summed E-state index contributed by atoms with van der Waals surface area (Å²) in [6, 6.07) is 12.9. The summed E-state index contributed by atoms with van der Waals surface area (Å²) in [5, 5.41) is 0. The van der Waals surface area contributed by atoms with Crippen LogP contribution in [0.4, 0.5) is 0 Å². The molecule has 0 aliphatic heterocycles. The van der Waals surface area contributed by atoms with Gasteiger partial charge in [0.05, 0.1) is 4.90 Å². The molecule has 0 saturated heterocycles. The molecule has 2 rings (SSSR count). The summed E-state index contributed by atoms with van der Waals surface area (Å²) in [5.41, 5.74) is 7.07. The number of benzene rings is 2. The third kappa shape index (κ3) is 5.40. The Kier molecular flexibility index (Phi) is 6.48. The molecule has 0 heterocycles. The molecule has 2 aromatic rings. The van der Waals surface area contributed by atoms with Crippen LogP contribution in [0, 0.1) is 0 Å². The fourth-order valence-corrected chi connectivity index (χ4v) is 2.98. The summed E-state index contributed by atoms with van der Waals surface area (Å²) in [5.74, 6) is -0.927. The zero-order valence-corrected chi connectivity index (χ0v) is 15.1. The Hall–Kier alpha value is -2.71. The standard InChI is InChI=1S/C18H20N2O5S/c1-20-26(23,24)16-8-5-13(6-9-16)7-10-17(21)25-12-14-3-2-4-15(11-14)18(19)22/h2-6,8-9,11,20H,7,10,12H2,1H3,(H2,19,22). The van der Waals surface area contributed by atoms with Crippen molar-refractivity contribution in [3.05, 3.63) is 65.2 Å². The van der Waals surface area contributed by atoms with Gasteiger partial charge in [0.1, 0.15) is 6.61 Å². The summed E-state index contributed by atoms with van der Waals surface area (Å²) in [4.78, 5) is 23.2. The second kappa shape index (κ2) is 8.59. The van der Waals surface area contributed by atoms with Crippen LogP contribution in [0.15, 0.2) is 53.4 Å². The first-order valence-electron chi connectivity index (χ1n) is 7.88. The number of aryl methyl sites for hydroxylation is 1. The highest BCUT2D eigenvalue weighted by Crippen LogP contribution is 2.12. The highest BCUT2D eigenvalue weighted by molar-refractivity contribution is 7.89. The van der Waals surface area contributed by atoms with Crippen molar-refractivity contribution in [2.75, 3.05) is 7.05 Å². The number of amides is 1. The van der Waals surface area contributed by atoms with E-state index in [-0.39, 0.29) is 23.9 Å². The minimum Gasteiger partial charge on any atom is -0.461 e. The van der Waals surface area contributed by atoms with Crippen molar-refractivity contribution < 1.29 is 22.7 Å². The van der Waals surface area contributed by atoms with Crippen LogP contribution in [-0.4, -0.2) is 27.3 Å². The summed E-state index contributed by atoms with van der Waals surface area (Å²) >= 11 is 0. The summed E-state index contributed by atoms with van der Waals surface area (Å²) in [6.45, 7) is 0.0549. The summed E-state index contributed by atoms with van der Waals surface area (Å²) < 4.78 is 30.7. The van der Waals surface area contributed by atoms with Crippen molar-refractivity contribution in [2.45, 2.75) is 24.3 Å². The molecule has 0 bridgehead atoms. The molecule has 3 N–H and O–H groups in total. The lowest BCUT2D eigenvalue weighted by Crippen LogP contribution is -2.18. The molecule has 138 valence electrons. The van der Waals surface area contributed by atoms with Crippen LogP contribution in [0.2, 0.25) is 0 Å². The average molecular weight is 376 g/mol. The van der Waals surface area contributed by atoms with Crippen LogP contribution in [0.25, 0.3) is 0 Å². The van der Waals surface area contributed by atoms with Crippen molar-refractivity contribution in [3.8, 4) is 0 Å². The second-order valence-electron chi connectivity index (χ2n) is 5.58. The lowest BCUT2D eigenvalue weighted by molar-refractivity contribution is -0.144. The van der Waals surface area contributed by atoms with Crippen molar-refractivity contribution in [1.29, 1.82) is 0 Å². The Bertz CT molecular complexity index is 892. The van der Waals surface area contributed by atoms with Gasteiger partial charge in [0.2, 0.25) is 15.9 Å². The molecule has 0 spiro atoms. The van der Waals surface area contributed by atoms with Crippen LogP contribution in [0.3, 0.4) is 0 Å². The first-order valence-corrected chi connectivity index (χ1v) is 9.37. The molecule has 7 nitrogen and oxygen atoms in total. The van der Waals surface area contributed by atoms with E-state index in [0.29, 0.717) is 17.5 Å². The number of primary amides is 1. The van der Waals surface area contributed by atoms with Gasteiger partial charge in [-0.25, -0.2) is 13.1 Å². The predicted octanol–water partition coefficient (Wildman–Crippen LogP) is 1.37. The van der Waals surface area contributed by atoms with E-state index < -0.39 is 15.9 Å². The number of nitrogens with two attached hydrogens (primary N) is 1. The zero-order chi connectivity index (χ0) is 19.2. The number of carbonyl (C=O) groups excluding carboxylic acids is 2. The Labute approximate surface area is 152 Å². The zero-order valence-electron chi connectivity index (χ0n) is 14.3. The smallest absolute Gasteiger partial charge is 0.306 e. The van der Waals surface area contributed by atoms with Gasteiger partial charge in [0, 0.05) is 12.0 Å². The Morgan fingerprint density at radius 2 is 1.77 bits per heavy atom. The van der Waals surface area contributed by atoms with Crippen molar-refractivity contribution >= 4 is 21.9 Å². The molecule has 8 heteroatoms. The molecule has 0 radical (unpaired) electrons. The van der Waals surface area contributed by atoms with Gasteiger partial charge in [0.15, 0.2) is 0 Å². The number of nitrogens with one attached hydrogen (secondary N) is 1. The minimum atomic E-state index is -3.47. The molecule has 2 aromatic carbocycles. The van der Waals surface area contributed by atoms with Gasteiger partial charge in [-0.05, 0) is 48.9 Å². The Balaban J connectivity index is 1.85. The van der Waals surface area contributed by atoms with E-state index in [1.807, 2.05) is 0 Å². The van der Waals surface area contributed by atoms with E-state index in [9.17, 15) is 18.0 Å². The maximum absolute atomic E-state index is 11.9. The highest BCUT2D eigenvalue weighted by atomic mass is 32.2. The Morgan fingerprint density at radius 1 is 1.08 bits per heavy atom. The number of hydrogen-bond acceptors (Lipinski definition) is 5. The van der Waals surface area contributed by atoms with Gasteiger partial charge < -0.3 is 10.5 Å². The van der Waals surface area contributed by atoms with Crippen LogP contribution in [0.1, 0.15) is 27.9 Å². The molecule has 0 aromatic heterocycles. The number of hydrogen-bond donors (Lipinski definition) is 2. The van der Waals surface area contributed by atoms with Crippen LogP contribution < -0.4 is 10.5 Å². The minimum absolute atomic E-state index is 0.0549. The van der Waals surface area contributed by atoms with E-state index in [0.717, 1.165) is 5.56 Å². The van der Waals surface area contributed by atoms with E-state index >= 15 is 0 Å². The fraction of sp³-hybridized carbons (Fsp3) is 0.222. The van der Waals surface area contributed by atoms with Crippen LogP contribution in [0.5, 0.6) is 0 Å². The molecule has 26 heavy (non-hydrogen) atoms. The van der Waals surface area contributed by atoms with Gasteiger partial charge >= 0.3 is 5.97 Å². The molecule has 0 unspecified atom stereocenters. The van der Waals surface area contributed by atoms with Crippen molar-refractivity contribution in [3.63, 3.8) is 0 Å². The SMILES string of the molecule is CNS(=O)(=O)c1ccc(CCC(=O)OCc2cccc(C(N)=O)c2)cc1. The van der Waals surface area contributed by atoms with Gasteiger partial charge in [0.25, 0.3) is 0 Å². The molecular weight excluding hydrogens is 356 g/mol. The number of esters is 1. The lowest BCUT2D eigenvalue weighted by Gasteiger charge is -2.07. The van der Waals surface area contributed by atoms with Gasteiger partial charge in [-0.2, -0.15) is 0 Å². The quantitative estimate of drug-likeness (QED) is 0.675. The third-order valence-electron chi connectivity index (χ3n) is 3.73. The topological polar surface area (TPSA) is 116 Å². The number of rotatable bonds is 8. The predicted molar refractivity (Wildman–Crippen MR) is 95.8 cm³/mol. The number of ether oxygens (including phenoxy) is 1. The molecule has 0 atom stereocenters. The van der Waals surface area contributed by atoms with E-state index in [2.05, 4.69) is 4.72 Å². The number of carbonyl (C=O) groups is 2. The van der Waals surface area contributed by atoms with Crippen molar-refractivity contribution in [2.24, 2.45) is 5.73 Å². The average Bonchev–Trinajstić information content (AvgIpc) is 2.65. The second-order valence-corrected chi connectivity index (χ2v) is 7.46. The van der Waals surface area contributed by atoms with Crippen LogP contribution >= 0.6 is 0 Å². The molecule has 1 amide bonds. The van der Waals surface area contributed by atoms with Gasteiger partial charge in [-0.15, -0.1) is 0 Å². The summed E-state index contributed by atoms with van der Waals surface area (Å²) in [6.07, 6.45) is 0.591.